The fourth-order valence-corrected chi connectivity index (χ4v) is 2.09. The summed E-state index contributed by atoms with van der Waals surface area (Å²) < 4.78 is 2.22. The summed E-state index contributed by atoms with van der Waals surface area (Å²) in [6.45, 7) is 8.58. The van der Waals surface area contributed by atoms with Crippen molar-refractivity contribution in [3.8, 4) is 0 Å². The summed E-state index contributed by atoms with van der Waals surface area (Å²) >= 11 is 0. The summed E-state index contributed by atoms with van der Waals surface area (Å²) in [6, 6.07) is 1.97. The summed E-state index contributed by atoms with van der Waals surface area (Å²) in [5, 5.41) is 0. The number of fused-ring (bicyclic) bond motifs is 1. The molecule has 4 nitrogen and oxygen atoms in total. The zero-order valence-corrected chi connectivity index (χ0v) is 10.9. The number of hydrogen-bond donors (Lipinski definition) is 1. The highest BCUT2D eigenvalue weighted by Gasteiger charge is 2.23. The molecule has 0 bridgehead atoms. The minimum atomic E-state index is -0.0295. The smallest absolute Gasteiger partial charge is 0.127 e. The number of rotatable bonds is 2. The molecule has 92 valence electrons. The Morgan fingerprint density at radius 3 is 2.71 bits per heavy atom. The average molecular weight is 232 g/mol. The van der Waals surface area contributed by atoms with E-state index in [1.807, 2.05) is 6.07 Å². The van der Waals surface area contributed by atoms with E-state index in [1.54, 1.807) is 12.4 Å². The lowest BCUT2D eigenvalue weighted by molar-refractivity contribution is 0.382. The summed E-state index contributed by atoms with van der Waals surface area (Å²) in [4.78, 5) is 8.74. The van der Waals surface area contributed by atoms with E-state index in [0.717, 1.165) is 23.3 Å². The van der Waals surface area contributed by atoms with Crippen LogP contribution in [0.5, 0.6) is 0 Å². The molecular weight excluding hydrogens is 212 g/mol. The molecule has 0 amide bonds. The van der Waals surface area contributed by atoms with Crippen LogP contribution < -0.4 is 5.73 Å². The van der Waals surface area contributed by atoms with Gasteiger partial charge in [0.05, 0.1) is 17.8 Å². The molecule has 0 aliphatic carbocycles. The van der Waals surface area contributed by atoms with Crippen LogP contribution in [0, 0.1) is 0 Å². The second-order valence-corrected chi connectivity index (χ2v) is 5.36. The normalized spacial score (nSPS) is 14.2. The van der Waals surface area contributed by atoms with Gasteiger partial charge in [0.2, 0.25) is 0 Å². The molecule has 1 atom stereocenters. The quantitative estimate of drug-likeness (QED) is 0.865. The van der Waals surface area contributed by atoms with E-state index in [2.05, 4.69) is 42.2 Å². The number of hydrogen-bond acceptors (Lipinski definition) is 3. The SMILES string of the molecule is CCC(N)c1nc2cnccc2n1C(C)(C)C. The molecule has 0 saturated heterocycles. The first-order valence-electron chi connectivity index (χ1n) is 6.03. The third-order valence-electron chi connectivity index (χ3n) is 2.93. The monoisotopic (exact) mass is 232 g/mol. The number of nitrogens with two attached hydrogens (primary N) is 1. The first kappa shape index (κ1) is 12.0. The Morgan fingerprint density at radius 1 is 1.41 bits per heavy atom. The zero-order valence-electron chi connectivity index (χ0n) is 10.9. The van der Waals surface area contributed by atoms with E-state index in [-0.39, 0.29) is 11.6 Å². The molecule has 0 spiro atoms. The maximum atomic E-state index is 6.15. The van der Waals surface area contributed by atoms with Crippen molar-refractivity contribution in [3.05, 3.63) is 24.3 Å². The summed E-state index contributed by atoms with van der Waals surface area (Å²) in [5.41, 5.74) is 8.14. The van der Waals surface area contributed by atoms with Gasteiger partial charge >= 0.3 is 0 Å². The molecule has 0 aromatic carbocycles. The van der Waals surface area contributed by atoms with Crippen molar-refractivity contribution in [1.29, 1.82) is 0 Å². The van der Waals surface area contributed by atoms with Crippen LogP contribution >= 0.6 is 0 Å². The molecular formula is C13H20N4. The topological polar surface area (TPSA) is 56.7 Å². The average Bonchev–Trinajstić information content (AvgIpc) is 2.66. The number of aromatic nitrogens is 3. The Balaban J connectivity index is 2.74. The van der Waals surface area contributed by atoms with Crippen LogP contribution in [0.15, 0.2) is 18.5 Å². The molecule has 0 saturated carbocycles. The number of pyridine rings is 1. The molecule has 2 rings (SSSR count). The van der Waals surface area contributed by atoms with Gasteiger partial charge in [0, 0.05) is 11.7 Å². The first-order chi connectivity index (χ1) is 7.95. The van der Waals surface area contributed by atoms with E-state index in [0.29, 0.717) is 0 Å². The summed E-state index contributed by atoms with van der Waals surface area (Å²) in [7, 11) is 0. The van der Waals surface area contributed by atoms with E-state index in [9.17, 15) is 0 Å². The lowest BCUT2D eigenvalue weighted by Gasteiger charge is -2.26. The van der Waals surface area contributed by atoms with Crippen LogP contribution in [0.1, 0.15) is 46.0 Å². The van der Waals surface area contributed by atoms with Crippen molar-refractivity contribution in [2.75, 3.05) is 0 Å². The third kappa shape index (κ3) is 2.05. The van der Waals surface area contributed by atoms with E-state index >= 15 is 0 Å². The first-order valence-corrected chi connectivity index (χ1v) is 6.03. The highest BCUT2D eigenvalue weighted by atomic mass is 15.2. The van der Waals surface area contributed by atoms with Gasteiger partial charge in [-0.15, -0.1) is 0 Å². The van der Waals surface area contributed by atoms with Crippen molar-refractivity contribution in [1.82, 2.24) is 14.5 Å². The summed E-state index contributed by atoms with van der Waals surface area (Å²) in [5.74, 6) is 0.947. The lowest BCUT2D eigenvalue weighted by Crippen LogP contribution is -2.27. The van der Waals surface area contributed by atoms with Crippen LogP contribution in [0.2, 0.25) is 0 Å². The van der Waals surface area contributed by atoms with Gasteiger partial charge in [-0.3, -0.25) is 4.98 Å². The van der Waals surface area contributed by atoms with Crippen LogP contribution in [0.25, 0.3) is 11.0 Å². The van der Waals surface area contributed by atoms with Crippen molar-refractivity contribution >= 4 is 11.0 Å². The minimum Gasteiger partial charge on any atom is -0.321 e. The fourth-order valence-electron chi connectivity index (χ4n) is 2.09. The van der Waals surface area contributed by atoms with Crippen molar-refractivity contribution < 1.29 is 0 Å². The van der Waals surface area contributed by atoms with E-state index < -0.39 is 0 Å². The molecule has 0 radical (unpaired) electrons. The van der Waals surface area contributed by atoms with Gasteiger partial charge in [-0.1, -0.05) is 6.92 Å². The van der Waals surface area contributed by atoms with Gasteiger partial charge < -0.3 is 10.3 Å². The van der Waals surface area contributed by atoms with Crippen LogP contribution in [0.3, 0.4) is 0 Å². The Labute approximate surface area is 102 Å². The molecule has 0 aliphatic heterocycles. The van der Waals surface area contributed by atoms with Gasteiger partial charge in [0.1, 0.15) is 11.3 Å². The second-order valence-electron chi connectivity index (χ2n) is 5.36. The predicted molar refractivity (Wildman–Crippen MR) is 69.7 cm³/mol. The Morgan fingerprint density at radius 2 is 2.12 bits per heavy atom. The molecule has 2 N–H and O–H groups in total. The molecule has 4 heteroatoms. The highest BCUT2D eigenvalue weighted by Crippen LogP contribution is 2.27. The van der Waals surface area contributed by atoms with Crippen LogP contribution in [-0.2, 0) is 5.54 Å². The van der Waals surface area contributed by atoms with Crippen molar-refractivity contribution in [2.24, 2.45) is 5.73 Å². The number of imidazole rings is 1. The predicted octanol–water partition coefficient (Wildman–Crippen LogP) is 2.60. The second kappa shape index (κ2) is 4.11. The third-order valence-corrected chi connectivity index (χ3v) is 2.93. The molecule has 2 aromatic heterocycles. The van der Waals surface area contributed by atoms with Crippen LogP contribution in [-0.4, -0.2) is 14.5 Å². The zero-order chi connectivity index (χ0) is 12.6. The highest BCUT2D eigenvalue weighted by molar-refractivity contribution is 5.75. The molecule has 1 unspecified atom stereocenters. The molecule has 0 fully saturated rings. The maximum Gasteiger partial charge on any atom is 0.127 e. The standard InChI is InChI=1S/C13H20N4/c1-5-9(14)12-16-10-8-15-7-6-11(10)17(12)13(2,3)4/h6-9H,5,14H2,1-4H3. The van der Waals surface area contributed by atoms with Gasteiger partial charge in [0.25, 0.3) is 0 Å². The Bertz CT molecular complexity index is 522. The lowest BCUT2D eigenvalue weighted by atomic mass is 10.1. The Kier molecular flexibility index (Phi) is 2.91. The number of nitrogens with zero attached hydrogens (tertiary/aromatic N) is 3. The molecule has 17 heavy (non-hydrogen) atoms. The van der Waals surface area contributed by atoms with Gasteiger partial charge in [-0.05, 0) is 33.3 Å². The fraction of sp³-hybridized carbons (Fsp3) is 0.538. The van der Waals surface area contributed by atoms with Gasteiger partial charge in [-0.25, -0.2) is 4.98 Å². The molecule has 0 aliphatic rings. The van der Waals surface area contributed by atoms with Crippen molar-refractivity contribution in [2.45, 2.75) is 45.7 Å². The van der Waals surface area contributed by atoms with E-state index in [4.69, 9.17) is 5.73 Å². The maximum absolute atomic E-state index is 6.15. The molecule has 2 aromatic rings. The van der Waals surface area contributed by atoms with E-state index in [1.165, 1.54) is 0 Å². The molecule has 2 heterocycles. The minimum absolute atomic E-state index is 0.0263. The van der Waals surface area contributed by atoms with Crippen LogP contribution in [0.4, 0.5) is 0 Å². The Hall–Kier alpha value is -1.42. The van der Waals surface area contributed by atoms with Crippen molar-refractivity contribution in [3.63, 3.8) is 0 Å². The largest absolute Gasteiger partial charge is 0.321 e. The van der Waals surface area contributed by atoms with Gasteiger partial charge in [0.15, 0.2) is 0 Å². The van der Waals surface area contributed by atoms with Gasteiger partial charge in [-0.2, -0.15) is 0 Å². The summed E-state index contributed by atoms with van der Waals surface area (Å²) in [6.07, 6.45) is 4.48.